The number of nitrogens with zero attached hydrogens (tertiary/aromatic N) is 1. The predicted molar refractivity (Wildman–Crippen MR) is 61.2 cm³/mol. The van der Waals surface area contributed by atoms with E-state index in [9.17, 15) is 0 Å². The fraction of sp³-hybridized carbons (Fsp3) is 0.250. The molecule has 1 rings (SSSR count). The van der Waals surface area contributed by atoms with Gasteiger partial charge in [-0.3, -0.25) is 4.99 Å². The second-order valence-corrected chi connectivity index (χ2v) is 3.33. The predicted octanol–water partition coefficient (Wildman–Crippen LogP) is 2.71. The lowest BCUT2D eigenvalue weighted by Gasteiger charge is -2.01. The third kappa shape index (κ3) is 2.73. The fourth-order valence-electron chi connectivity index (χ4n) is 1.08. The van der Waals surface area contributed by atoms with Crippen LogP contribution in [0.15, 0.2) is 46.7 Å². The molecule has 0 aromatic heterocycles. The van der Waals surface area contributed by atoms with Gasteiger partial charge in [-0.1, -0.05) is 30.3 Å². The molecule has 0 aliphatic carbocycles. The molecule has 0 radical (unpaired) electrons. The van der Waals surface area contributed by atoms with Gasteiger partial charge in [0, 0.05) is 11.4 Å². The average Bonchev–Trinajstić information content (AvgIpc) is 2.19. The third-order valence-corrected chi connectivity index (χ3v) is 2.10. The van der Waals surface area contributed by atoms with Crippen LogP contribution in [0.2, 0.25) is 0 Å². The molecule has 1 aromatic carbocycles. The van der Waals surface area contributed by atoms with Crippen LogP contribution >= 0.6 is 0 Å². The van der Waals surface area contributed by atoms with Crippen LogP contribution in [0.25, 0.3) is 0 Å². The first-order valence-corrected chi connectivity index (χ1v) is 4.65. The van der Waals surface area contributed by atoms with Crippen molar-refractivity contribution in [1.29, 1.82) is 0 Å². The van der Waals surface area contributed by atoms with Gasteiger partial charge in [-0.15, -0.1) is 0 Å². The van der Waals surface area contributed by atoms with Gasteiger partial charge < -0.3 is 5.73 Å². The Bertz CT molecular complexity index is 357. The Hall–Kier alpha value is -1.57. The molecule has 2 N–H and O–H groups in total. The van der Waals surface area contributed by atoms with Gasteiger partial charge in [-0.25, -0.2) is 0 Å². The minimum Gasteiger partial charge on any atom is -0.401 e. The van der Waals surface area contributed by atoms with Crippen LogP contribution in [0.1, 0.15) is 26.3 Å². The van der Waals surface area contributed by atoms with Crippen molar-refractivity contribution in [2.45, 2.75) is 20.8 Å². The van der Waals surface area contributed by atoms with Crippen molar-refractivity contribution in [3.8, 4) is 0 Å². The van der Waals surface area contributed by atoms with E-state index in [0.29, 0.717) is 0 Å². The summed E-state index contributed by atoms with van der Waals surface area (Å²) in [5.41, 5.74) is 9.41. The SMILES string of the molecule is CC(=N/C(C)=C(/C)N)c1ccccc1. The zero-order chi connectivity index (χ0) is 10.6. The van der Waals surface area contributed by atoms with E-state index < -0.39 is 0 Å². The molecule has 0 heterocycles. The second kappa shape index (κ2) is 4.61. The zero-order valence-electron chi connectivity index (χ0n) is 8.91. The molecule has 2 nitrogen and oxygen atoms in total. The first-order chi connectivity index (χ1) is 6.61. The lowest BCUT2D eigenvalue weighted by Crippen LogP contribution is -1.98. The summed E-state index contributed by atoms with van der Waals surface area (Å²) >= 11 is 0. The maximum Gasteiger partial charge on any atom is 0.0560 e. The van der Waals surface area contributed by atoms with Crippen molar-refractivity contribution in [2.75, 3.05) is 0 Å². The number of hydrogen-bond acceptors (Lipinski definition) is 2. The Labute approximate surface area is 85.2 Å². The molecule has 0 amide bonds. The van der Waals surface area contributed by atoms with Gasteiger partial charge in [0.25, 0.3) is 0 Å². The minimum atomic E-state index is 0.764. The molecule has 0 atom stereocenters. The number of benzene rings is 1. The fourth-order valence-corrected chi connectivity index (χ4v) is 1.08. The molecule has 0 aliphatic rings. The van der Waals surface area contributed by atoms with Crippen LogP contribution < -0.4 is 5.73 Å². The first-order valence-electron chi connectivity index (χ1n) is 4.65. The Morgan fingerprint density at radius 2 is 1.64 bits per heavy atom. The Morgan fingerprint density at radius 3 is 2.14 bits per heavy atom. The maximum absolute atomic E-state index is 5.63. The van der Waals surface area contributed by atoms with Crippen LogP contribution in [0, 0.1) is 0 Å². The Morgan fingerprint density at radius 1 is 1.07 bits per heavy atom. The van der Waals surface area contributed by atoms with E-state index in [2.05, 4.69) is 4.99 Å². The summed E-state index contributed by atoms with van der Waals surface area (Å²) in [5.74, 6) is 0. The highest BCUT2D eigenvalue weighted by molar-refractivity contribution is 5.99. The molecule has 0 fully saturated rings. The second-order valence-electron chi connectivity index (χ2n) is 3.33. The van der Waals surface area contributed by atoms with Crippen LogP contribution in [-0.2, 0) is 0 Å². The van der Waals surface area contributed by atoms with E-state index in [1.165, 1.54) is 0 Å². The third-order valence-electron chi connectivity index (χ3n) is 2.10. The van der Waals surface area contributed by atoms with E-state index in [0.717, 1.165) is 22.7 Å². The van der Waals surface area contributed by atoms with Gasteiger partial charge in [0.05, 0.1) is 5.70 Å². The quantitative estimate of drug-likeness (QED) is 0.712. The van der Waals surface area contributed by atoms with Gasteiger partial charge in [-0.2, -0.15) is 0 Å². The van der Waals surface area contributed by atoms with E-state index in [1.807, 2.05) is 51.1 Å². The molecule has 0 aliphatic heterocycles. The van der Waals surface area contributed by atoms with Gasteiger partial charge >= 0.3 is 0 Å². The van der Waals surface area contributed by atoms with Crippen molar-refractivity contribution in [3.05, 3.63) is 47.3 Å². The monoisotopic (exact) mass is 188 g/mol. The minimum absolute atomic E-state index is 0.764. The topological polar surface area (TPSA) is 38.4 Å². The highest BCUT2D eigenvalue weighted by atomic mass is 14.8. The lowest BCUT2D eigenvalue weighted by molar-refractivity contribution is 1.15. The summed E-state index contributed by atoms with van der Waals surface area (Å²) in [7, 11) is 0. The maximum atomic E-state index is 5.63. The van der Waals surface area contributed by atoms with Crippen LogP contribution in [0.5, 0.6) is 0 Å². The van der Waals surface area contributed by atoms with Crippen LogP contribution in [-0.4, -0.2) is 5.71 Å². The summed E-state index contributed by atoms with van der Waals surface area (Å²) in [4.78, 5) is 4.42. The number of nitrogens with two attached hydrogens (primary N) is 1. The summed E-state index contributed by atoms with van der Waals surface area (Å²) in [6, 6.07) is 10.1. The highest BCUT2D eigenvalue weighted by Crippen LogP contribution is 2.05. The molecule has 74 valence electrons. The molecule has 0 unspecified atom stereocenters. The molecule has 0 saturated heterocycles. The van der Waals surface area contributed by atoms with Gasteiger partial charge in [0.15, 0.2) is 0 Å². The molecule has 14 heavy (non-hydrogen) atoms. The molecule has 0 saturated carbocycles. The van der Waals surface area contributed by atoms with Crippen molar-refractivity contribution in [1.82, 2.24) is 0 Å². The van der Waals surface area contributed by atoms with E-state index >= 15 is 0 Å². The normalized spacial score (nSPS) is 13.8. The van der Waals surface area contributed by atoms with Gasteiger partial charge in [-0.05, 0) is 26.3 Å². The highest BCUT2D eigenvalue weighted by Gasteiger charge is 1.96. The summed E-state index contributed by atoms with van der Waals surface area (Å²) in [6.45, 7) is 5.76. The van der Waals surface area contributed by atoms with E-state index in [1.54, 1.807) is 0 Å². The molecule has 0 bridgehead atoms. The number of aliphatic imine (C=N–C) groups is 1. The summed E-state index contributed by atoms with van der Waals surface area (Å²) in [5, 5.41) is 0. The summed E-state index contributed by atoms with van der Waals surface area (Å²) < 4.78 is 0. The number of hydrogen-bond donors (Lipinski definition) is 1. The van der Waals surface area contributed by atoms with Gasteiger partial charge in [0.1, 0.15) is 0 Å². The van der Waals surface area contributed by atoms with Crippen LogP contribution in [0.3, 0.4) is 0 Å². The Kier molecular flexibility index (Phi) is 3.46. The first kappa shape index (κ1) is 10.5. The van der Waals surface area contributed by atoms with E-state index in [-0.39, 0.29) is 0 Å². The lowest BCUT2D eigenvalue weighted by atomic mass is 10.1. The van der Waals surface area contributed by atoms with Crippen LogP contribution in [0.4, 0.5) is 0 Å². The van der Waals surface area contributed by atoms with Crippen molar-refractivity contribution < 1.29 is 0 Å². The van der Waals surface area contributed by atoms with E-state index in [4.69, 9.17) is 5.73 Å². The molecular formula is C12H16N2. The van der Waals surface area contributed by atoms with Gasteiger partial charge in [0.2, 0.25) is 0 Å². The van der Waals surface area contributed by atoms with Crippen molar-refractivity contribution in [2.24, 2.45) is 10.7 Å². The summed E-state index contributed by atoms with van der Waals surface area (Å²) in [6.07, 6.45) is 0. The average molecular weight is 188 g/mol. The standard InChI is InChI=1S/C12H16N2/c1-9(13)10(2)14-11(3)12-7-5-4-6-8-12/h4-8H,13H2,1-3H3/b10-9-,14-11?. The smallest absolute Gasteiger partial charge is 0.0560 e. The molecule has 2 heteroatoms. The van der Waals surface area contributed by atoms with Crippen molar-refractivity contribution in [3.63, 3.8) is 0 Å². The largest absolute Gasteiger partial charge is 0.401 e. The number of allylic oxidation sites excluding steroid dienone is 2. The number of rotatable bonds is 2. The molecule has 1 aromatic rings. The molecule has 0 spiro atoms. The zero-order valence-corrected chi connectivity index (χ0v) is 8.91. The Balaban J connectivity index is 2.97. The molecular weight excluding hydrogens is 172 g/mol. The van der Waals surface area contributed by atoms with Crippen molar-refractivity contribution >= 4 is 5.71 Å².